The molecule has 0 bridgehead atoms. The van der Waals surface area contributed by atoms with Gasteiger partial charge in [-0.05, 0) is 74.7 Å². The summed E-state index contributed by atoms with van der Waals surface area (Å²) in [6.07, 6.45) is 0. The van der Waals surface area contributed by atoms with Gasteiger partial charge in [0.15, 0.2) is 0 Å². The Bertz CT molecular complexity index is 1190. The highest BCUT2D eigenvalue weighted by Crippen LogP contribution is 2.38. The zero-order valence-electron chi connectivity index (χ0n) is 19.7. The molecule has 33 heavy (non-hydrogen) atoms. The lowest BCUT2D eigenvalue weighted by molar-refractivity contribution is -0.156. The number of rotatable bonds is 5. The molecule has 1 aliphatic heterocycles. The second-order valence-electron chi connectivity index (χ2n) is 9.31. The van der Waals surface area contributed by atoms with Gasteiger partial charge < -0.3 is 14.4 Å². The van der Waals surface area contributed by atoms with Crippen LogP contribution in [0.5, 0.6) is 5.75 Å². The predicted octanol–water partition coefficient (Wildman–Crippen LogP) is 5.97. The lowest BCUT2D eigenvalue weighted by Gasteiger charge is -2.24. The van der Waals surface area contributed by atoms with Crippen LogP contribution in [0.1, 0.15) is 55.1 Å². The molecule has 0 N–H and O–H groups in total. The Hall–Kier alpha value is -3.60. The molecule has 0 radical (unpaired) electrons. The van der Waals surface area contributed by atoms with Crippen molar-refractivity contribution in [3.05, 3.63) is 83.4 Å². The number of amides is 1. The van der Waals surface area contributed by atoms with Crippen LogP contribution in [0.4, 0.5) is 5.69 Å². The van der Waals surface area contributed by atoms with Crippen LogP contribution in [-0.2, 0) is 16.1 Å². The quantitative estimate of drug-likeness (QED) is 0.456. The molecule has 0 saturated carbocycles. The van der Waals surface area contributed by atoms with Crippen molar-refractivity contribution in [1.29, 1.82) is 0 Å². The normalized spacial score (nSPS) is 14.1. The summed E-state index contributed by atoms with van der Waals surface area (Å²) in [4.78, 5) is 27.7. The molecular formula is C28H29NO4. The van der Waals surface area contributed by atoms with E-state index in [1.54, 1.807) is 12.0 Å². The number of hydrogen-bond acceptors (Lipinski definition) is 4. The average Bonchev–Trinajstić information content (AvgIpc) is 3.13. The smallest absolute Gasteiger partial charge is 0.313 e. The van der Waals surface area contributed by atoms with Crippen molar-refractivity contribution in [3.8, 4) is 16.9 Å². The highest BCUT2D eigenvalue weighted by atomic mass is 16.6. The largest absolute Gasteiger partial charge is 0.497 e. The molecule has 1 atom stereocenters. The van der Waals surface area contributed by atoms with Crippen LogP contribution >= 0.6 is 0 Å². The van der Waals surface area contributed by atoms with E-state index >= 15 is 0 Å². The lowest BCUT2D eigenvalue weighted by atomic mass is 9.94. The van der Waals surface area contributed by atoms with Crippen molar-refractivity contribution in [2.24, 2.45) is 0 Å². The van der Waals surface area contributed by atoms with E-state index in [1.165, 1.54) is 0 Å². The molecule has 0 fully saturated rings. The van der Waals surface area contributed by atoms with E-state index < -0.39 is 11.5 Å². The minimum Gasteiger partial charge on any atom is -0.497 e. The van der Waals surface area contributed by atoms with E-state index in [4.69, 9.17) is 9.47 Å². The zero-order chi connectivity index (χ0) is 23.8. The number of carbonyl (C=O) groups is 2. The van der Waals surface area contributed by atoms with Gasteiger partial charge in [0.2, 0.25) is 0 Å². The van der Waals surface area contributed by atoms with Gasteiger partial charge in [0.05, 0.1) is 25.3 Å². The SMILES string of the molecule is COc1ccc(-c2cc(C(C)C(=O)OC(C)(C)C)ccc2N2Cc3ccccc3C2=O)cc1. The molecule has 4 rings (SSSR count). The van der Waals surface area contributed by atoms with Gasteiger partial charge in [-0.1, -0.05) is 36.4 Å². The first-order chi connectivity index (χ1) is 15.7. The first-order valence-corrected chi connectivity index (χ1v) is 11.1. The van der Waals surface area contributed by atoms with Crippen LogP contribution in [-0.4, -0.2) is 24.6 Å². The third kappa shape index (κ3) is 4.63. The minimum atomic E-state index is -0.558. The van der Waals surface area contributed by atoms with E-state index in [-0.39, 0.29) is 11.9 Å². The third-order valence-corrected chi connectivity index (χ3v) is 5.79. The van der Waals surface area contributed by atoms with Crippen LogP contribution in [0.15, 0.2) is 66.7 Å². The van der Waals surface area contributed by atoms with E-state index in [9.17, 15) is 9.59 Å². The number of hydrogen-bond donors (Lipinski definition) is 0. The number of anilines is 1. The number of carbonyl (C=O) groups excluding carboxylic acids is 2. The van der Waals surface area contributed by atoms with Gasteiger partial charge >= 0.3 is 5.97 Å². The number of esters is 1. The molecule has 5 heteroatoms. The van der Waals surface area contributed by atoms with Crippen LogP contribution in [0, 0.1) is 0 Å². The van der Waals surface area contributed by atoms with Gasteiger partial charge in [-0.3, -0.25) is 9.59 Å². The van der Waals surface area contributed by atoms with Crippen molar-refractivity contribution >= 4 is 17.6 Å². The van der Waals surface area contributed by atoms with Gasteiger partial charge in [0.25, 0.3) is 5.91 Å². The summed E-state index contributed by atoms with van der Waals surface area (Å²) in [7, 11) is 1.63. The molecule has 1 amide bonds. The molecular weight excluding hydrogens is 414 g/mol. The Balaban J connectivity index is 1.77. The lowest BCUT2D eigenvalue weighted by Crippen LogP contribution is -2.27. The van der Waals surface area contributed by atoms with E-state index in [0.29, 0.717) is 6.54 Å². The number of fused-ring (bicyclic) bond motifs is 1. The summed E-state index contributed by atoms with van der Waals surface area (Å²) < 4.78 is 10.9. The summed E-state index contributed by atoms with van der Waals surface area (Å²) in [5.74, 6) is 0.0128. The number of ether oxygens (including phenoxy) is 2. The monoisotopic (exact) mass is 443 g/mol. The fraction of sp³-hybridized carbons (Fsp3) is 0.286. The first kappa shape index (κ1) is 22.6. The summed E-state index contributed by atoms with van der Waals surface area (Å²) in [6, 6.07) is 21.2. The van der Waals surface area contributed by atoms with E-state index in [1.807, 2.05) is 94.4 Å². The average molecular weight is 444 g/mol. The number of nitrogens with zero attached hydrogens (tertiary/aromatic N) is 1. The Morgan fingerprint density at radius 1 is 0.970 bits per heavy atom. The Morgan fingerprint density at radius 3 is 2.30 bits per heavy atom. The first-order valence-electron chi connectivity index (χ1n) is 11.1. The standard InChI is InChI=1S/C28H29NO4/c1-18(27(31)33-28(2,3)4)20-12-15-25(24(16-20)19-10-13-22(32-5)14-11-19)29-17-21-8-6-7-9-23(21)26(29)30/h6-16,18H,17H2,1-5H3. The van der Waals surface area contributed by atoms with E-state index in [2.05, 4.69) is 0 Å². The second-order valence-corrected chi connectivity index (χ2v) is 9.31. The predicted molar refractivity (Wildman–Crippen MR) is 130 cm³/mol. The highest BCUT2D eigenvalue weighted by molar-refractivity contribution is 6.11. The Morgan fingerprint density at radius 2 is 1.67 bits per heavy atom. The number of benzene rings is 3. The minimum absolute atomic E-state index is 0.0201. The van der Waals surface area contributed by atoms with Gasteiger partial charge in [-0.25, -0.2) is 0 Å². The molecule has 1 unspecified atom stereocenters. The molecule has 170 valence electrons. The van der Waals surface area contributed by atoms with Gasteiger partial charge in [-0.2, -0.15) is 0 Å². The van der Waals surface area contributed by atoms with Gasteiger partial charge in [0.1, 0.15) is 11.4 Å². The molecule has 0 aromatic heterocycles. The van der Waals surface area contributed by atoms with Crippen LogP contribution in [0.3, 0.4) is 0 Å². The summed E-state index contributed by atoms with van der Waals surface area (Å²) in [5.41, 5.74) is 4.64. The molecule has 3 aromatic rings. The maximum atomic E-state index is 13.2. The fourth-order valence-electron chi connectivity index (χ4n) is 4.04. The number of methoxy groups -OCH3 is 1. The fourth-order valence-corrected chi connectivity index (χ4v) is 4.04. The van der Waals surface area contributed by atoms with Crippen molar-refractivity contribution < 1.29 is 19.1 Å². The maximum Gasteiger partial charge on any atom is 0.313 e. The van der Waals surface area contributed by atoms with Crippen molar-refractivity contribution in [1.82, 2.24) is 0 Å². The zero-order valence-corrected chi connectivity index (χ0v) is 19.7. The van der Waals surface area contributed by atoms with Crippen LogP contribution in [0.25, 0.3) is 11.1 Å². The second kappa shape index (κ2) is 8.74. The highest BCUT2D eigenvalue weighted by Gasteiger charge is 2.31. The topological polar surface area (TPSA) is 55.8 Å². The summed E-state index contributed by atoms with van der Waals surface area (Å²) >= 11 is 0. The van der Waals surface area contributed by atoms with E-state index in [0.717, 1.165) is 39.3 Å². The summed E-state index contributed by atoms with van der Waals surface area (Å²) in [5, 5.41) is 0. The molecule has 0 spiro atoms. The molecule has 1 heterocycles. The van der Waals surface area contributed by atoms with Crippen molar-refractivity contribution in [2.45, 2.75) is 45.8 Å². The molecule has 3 aromatic carbocycles. The summed E-state index contributed by atoms with van der Waals surface area (Å²) in [6.45, 7) is 7.94. The Labute approximate surface area is 194 Å². The van der Waals surface area contributed by atoms with Crippen molar-refractivity contribution in [2.75, 3.05) is 12.0 Å². The third-order valence-electron chi connectivity index (χ3n) is 5.79. The molecule has 0 saturated heterocycles. The van der Waals surface area contributed by atoms with Gasteiger partial charge in [-0.15, -0.1) is 0 Å². The van der Waals surface area contributed by atoms with Crippen LogP contribution in [0.2, 0.25) is 0 Å². The van der Waals surface area contributed by atoms with Crippen molar-refractivity contribution in [3.63, 3.8) is 0 Å². The maximum absolute atomic E-state index is 13.2. The Kier molecular flexibility index (Phi) is 5.98. The molecule has 5 nitrogen and oxygen atoms in total. The molecule has 1 aliphatic rings. The van der Waals surface area contributed by atoms with Crippen LogP contribution < -0.4 is 9.64 Å². The molecule has 0 aliphatic carbocycles. The van der Waals surface area contributed by atoms with Gasteiger partial charge in [0, 0.05) is 11.1 Å².